The van der Waals surface area contributed by atoms with Crippen molar-refractivity contribution < 1.29 is 4.74 Å². The Labute approximate surface area is 337 Å². The summed E-state index contributed by atoms with van der Waals surface area (Å²) >= 11 is 0. The summed E-state index contributed by atoms with van der Waals surface area (Å²) in [4.78, 5) is 9.69. The van der Waals surface area contributed by atoms with Crippen LogP contribution in [0.1, 0.15) is 26.3 Å². The van der Waals surface area contributed by atoms with Gasteiger partial charge in [0, 0.05) is 51.2 Å². The summed E-state index contributed by atoms with van der Waals surface area (Å²) < 4.78 is 11.4. The van der Waals surface area contributed by atoms with E-state index in [-0.39, 0.29) is 5.41 Å². The number of benzene rings is 7. The fourth-order valence-electron chi connectivity index (χ4n) is 8.82. The third-order valence-corrected chi connectivity index (χ3v) is 11.6. The van der Waals surface area contributed by atoms with Crippen LogP contribution in [0, 0.1) is 0 Å². The predicted octanol–water partition coefficient (Wildman–Crippen LogP) is 13.6. The van der Waals surface area contributed by atoms with E-state index in [1.54, 1.807) is 0 Å². The summed E-state index contributed by atoms with van der Waals surface area (Å²) in [6.07, 6.45) is 1.92. The first-order valence-electron chi connectivity index (χ1n) is 19.9. The predicted molar refractivity (Wildman–Crippen MR) is 240 cm³/mol. The number of nitrogens with zero attached hydrogens (tertiary/aromatic N) is 5. The lowest BCUT2D eigenvalue weighted by molar-refractivity contribution is 0.483. The normalized spacial score (nSPS) is 12.9. The van der Waals surface area contributed by atoms with Crippen molar-refractivity contribution >= 4 is 66.4 Å². The van der Waals surface area contributed by atoms with Gasteiger partial charge in [0.2, 0.25) is 0 Å². The minimum Gasteiger partial charge on any atom is -0.457 e. The van der Waals surface area contributed by atoms with Gasteiger partial charge in [-0.25, -0.2) is 4.98 Å². The molecule has 0 saturated heterocycles. The molecule has 0 radical (unpaired) electrons. The van der Waals surface area contributed by atoms with E-state index in [1.165, 1.54) is 32.8 Å². The summed E-state index contributed by atoms with van der Waals surface area (Å²) in [5, 5.41) is 4.82. The molecule has 0 bridgehead atoms. The molecule has 0 unspecified atom stereocenters. The molecule has 0 aliphatic carbocycles. The molecule has 0 amide bonds. The van der Waals surface area contributed by atoms with Gasteiger partial charge in [0.25, 0.3) is 0 Å². The Bertz CT molecular complexity index is 3190. The lowest BCUT2D eigenvalue weighted by atomic mass is 9.88. The average Bonchev–Trinajstić information content (AvgIpc) is 3.92. The largest absolute Gasteiger partial charge is 0.457 e. The summed E-state index contributed by atoms with van der Waals surface area (Å²) in [5.41, 5.74) is 11.5. The zero-order valence-electron chi connectivity index (χ0n) is 32.7. The topological polar surface area (TPSA) is 38.5 Å². The first-order chi connectivity index (χ1) is 28.4. The summed E-state index contributed by atoms with van der Waals surface area (Å²) in [5.74, 6) is 2.44. The number of aromatic nitrogens is 3. The van der Waals surface area contributed by atoms with E-state index in [0.717, 1.165) is 62.2 Å². The Hall–Kier alpha value is -7.31. The molecular weight excluding hydrogens is 711 g/mol. The molecule has 0 spiro atoms. The van der Waals surface area contributed by atoms with E-state index in [2.05, 4.69) is 210 Å². The van der Waals surface area contributed by atoms with Crippen LogP contribution >= 0.6 is 0 Å². The molecule has 4 heterocycles. The molecule has 280 valence electrons. The maximum atomic E-state index is 6.73. The van der Waals surface area contributed by atoms with Gasteiger partial charge in [-0.05, 0) is 89.8 Å². The van der Waals surface area contributed by atoms with Crippen LogP contribution in [-0.2, 0) is 5.41 Å². The highest BCUT2D eigenvalue weighted by atomic mass is 16.5. The number of hydrogen-bond acceptors (Lipinski definition) is 4. The first kappa shape index (κ1) is 34.0. The van der Waals surface area contributed by atoms with Crippen molar-refractivity contribution in [2.75, 3.05) is 16.5 Å². The van der Waals surface area contributed by atoms with Crippen molar-refractivity contribution in [1.29, 1.82) is 0 Å². The van der Waals surface area contributed by atoms with Gasteiger partial charge in [0.15, 0.2) is 0 Å². The van der Waals surface area contributed by atoms with Gasteiger partial charge in [0.05, 0.1) is 39.1 Å². The maximum Gasteiger partial charge on any atom is 0.137 e. The van der Waals surface area contributed by atoms with Gasteiger partial charge < -0.3 is 19.1 Å². The average molecular weight is 752 g/mol. The third-order valence-electron chi connectivity index (χ3n) is 11.6. The van der Waals surface area contributed by atoms with Gasteiger partial charge in [-0.15, -0.1) is 0 Å². The van der Waals surface area contributed by atoms with E-state index >= 15 is 0 Å². The van der Waals surface area contributed by atoms with E-state index in [9.17, 15) is 0 Å². The lowest BCUT2D eigenvalue weighted by Gasteiger charge is -2.24. The smallest absolute Gasteiger partial charge is 0.137 e. The van der Waals surface area contributed by atoms with Gasteiger partial charge in [-0.1, -0.05) is 106 Å². The minimum absolute atomic E-state index is 0.00187. The van der Waals surface area contributed by atoms with E-state index in [0.29, 0.717) is 6.67 Å². The highest BCUT2D eigenvalue weighted by Crippen LogP contribution is 2.48. The van der Waals surface area contributed by atoms with Crippen LogP contribution in [0.4, 0.5) is 22.7 Å². The van der Waals surface area contributed by atoms with Crippen molar-refractivity contribution in [3.8, 4) is 23.0 Å². The molecule has 1 aliphatic heterocycles. The van der Waals surface area contributed by atoms with Crippen molar-refractivity contribution in [1.82, 2.24) is 14.1 Å². The highest BCUT2D eigenvalue weighted by molar-refractivity contribution is 6.14. The number of fused-ring (bicyclic) bond motifs is 7. The van der Waals surface area contributed by atoms with Crippen LogP contribution in [0.15, 0.2) is 182 Å². The standard InChI is InChI=1S/C52H41N5O/c1-52(2,3)35-29-30-53-50(31-35)57-45-23-10-7-19-40(45)42-28-27-39(33-49(42)57)58-38-18-13-17-37(32-38)54-34-55(47-25-12-11-24-46(47)54)48-26-14-21-43-41-20-8-9-22-44(41)56(51(43)48)36-15-5-4-6-16-36/h4-33H,34H2,1-3H3. The zero-order valence-corrected chi connectivity index (χ0v) is 32.7. The van der Waals surface area contributed by atoms with Crippen molar-refractivity contribution in [3.05, 3.63) is 188 Å². The molecule has 10 aromatic rings. The van der Waals surface area contributed by atoms with Gasteiger partial charge in [-0.3, -0.25) is 4.57 Å². The molecule has 6 heteroatoms. The second-order valence-electron chi connectivity index (χ2n) is 16.1. The van der Waals surface area contributed by atoms with Crippen LogP contribution in [0.2, 0.25) is 0 Å². The summed E-state index contributed by atoms with van der Waals surface area (Å²) in [6.45, 7) is 7.36. The second kappa shape index (κ2) is 13.1. The van der Waals surface area contributed by atoms with Crippen molar-refractivity contribution in [2.45, 2.75) is 26.2 Å². The van der Waals surface area contributed by atoms with Crippen LogP contribution in [0.3, 0.4) is 0 Å². The van der Waals surface area contributed by atoms with Gasteiger partial charge in [0.1, 0.15) is 24.0 Å². The van der Waals surface area contributed by atoms with Crippen LogP contribution in [0.25, 0.3) is 55.1 Å². The van der Waals surface area contributed by atoms with Gasteiger partial charge >= 0.3 is 0 Å². The Balaban J connectivity index is 0.978. The molecule has 58 heavy (non-hydrogen) atoms. The number of anilines is 4. The van der Waals surface area contributed by atoms with Crippen LogP contribution < -0.4 is 14.5 Å². The summed E-state index contributed by atoms with van der Waals surface area (Å²) in [7, 11) is 0. The van der Waals surface area contributed by atoms with E-state index in [1.807, 2.05) is 12.3 Å². The Kier molecular flexibility index (Phi) is 7.70. The number of hydrogen-bond donors (Lipinski definition) is 0. The molecule has 3 aromatic heterocycles. The fourth-order valence-corrected chi connectivity index (χ4v) is 8.82. The number of pyridine rings is 1. The maximum absolute atomic E-state index is 6.73. The van der Waals surface area contributed by atoms with Crippen molar-refractivity contribution in [2.24, 2.45) is 0 Å². The monoisotopic (exact) mass is 751 g/mol. The molecule has 6 nitrogen and oxygen atoms in total. The van der Waals surface area contributed by atoms with E-state index < -0.39 is 0 Å². The van der Waals surface area contributed by atoms with Crippen molar-refractivity contribution in [3.63, 3.8) is 0 Å². The molecule has 0 atom stereocenters. The third kappa shape index (κ3) is 5.44. The lowest BCUT2D eigenvalue weighted by Crippen LogP contribution is -2.24. The highest BCUT2D eigenvalue weighted by Gasteiger charge is 2.30. The Morgan fingerprint density at radius 3 is 1.86 bits per heavy atom. The molecular formula is C52H41N5O. The molecule has 0 N–H and O–H groups in total. The molecule has 0 fully saturated rings. The fraction of sp³-hybridized carbons (Fsp3) is 0.0962. The molecule has 7 aromatic carbocycles. The Morgan fingerprint density at radius 1 is 0.466 bits per heavy atom. The summed E-state index contributed by atoms with van der Waals surface area (Å²) in [6, 6.07) is 62.5. The first-order valence-corrected chi connectivity index (χ1v) is 19.9. The second-order valence-corrected chi connectivity index (χ2v) is 16.1. The molecule has 11 rings (SSSR count). The SMILES string of the molecule is CC(C)(C)c1ccnc(-n2c3ccccc3c3ccc(Oc4cccc(N5CN(c6cccc7c8ccccc8n(-c8ccccc8)c67)c6ccccc65)c4)cc32)c1. The quantitative estimate of drug-likeness (QED) is 0.170. The number of ether oxygens (including phenoxy) is 1. The Morgan fingerprint density at radius 2 is 1.07 bits per heavy atom. The molecule has 1 aliphatic rings. The minimum atomic E-state index is -0.00187. The molecule has 0 saturated carbocycles. The van der Waals surface area contributed by atoms with Crippen LogP contribution in [-0.4, -0.2) is 20.8 Å². The van der Waals surface area contributed by atoms with E-state index in [4.69, 9.17) is 9.72 Å². The number of rotatable bonds is 6. The zero-order chi connectivity index (χ0) is 39.0. The number of para-hydroxylation sites is 6. The van der Waals surface area contributed by atoms with Gasteiger partial charge in [-0.2, -0.15) is 0 Å². The van der Waals surface area contributed by atoms with Crippen LogP contribution in [0.5, 0.6) is 11.5 Å².